The lowest BCUT2D eigenvalue weighted by Crippen LogP contribution is -2.47. The number of carbonyl (C=O) groups excluding carboxylic acids is 1. The van der Waals surface area contributed by atoms with Gasteiger partial charge in [0, 0.05) is 12.0 Å². The number of hydrogen-bond acceptors (Lipinski definition) is 2. The normalized spacial score (nSPS) is 23.8. The smallest absolute Gasteiger partial charge is 0.256 e. The van der Waals surface area contributed by atoms with Crippen LogP contribution in [0.15, 0.2) is 54.6 Å². The lowest BCUT2D eigenvalue weighted by molar-refractivity contribution is 0.0209. The minimum Gasteiger partial charge on any atom is -0.356 e. The van der Waals surface area contributed by atoms with Crippen LogP contribution < -0.4 is 0 Å². The van der Waals surface area contributed by atoms with Crippen molar-refractivity contribution in [3.63, 3.8) is 0 Å². The van der Waals surface area contributed by atoms with Crippen molar-refractivity contribution in [1.29, 1.82) is 0 Å². The van der Waals surface area contributed by atoms with Crippen molar-refractivity contribution < 1.29 is 9.53 Å². The molecule has 21 heavy (non-hydrogen) atoms. The van der Waals surface area contributed by atoms with Crippen LogP contribution in [0.1, 0.15) is 21.5 Å². The second kappa shape index (κ2) is 5.01. The highest BCUT2D eigenvalue weighted by Gasteiger charge is 2.42. The highest BCUT2D eigenvalue weighted by Crippen LogP contribution is 2.31. The summed E-state index contributed by atoms with van der Waals surface area (Å²) in [5, 5.41) is 0. The molecule has 2 aromatic rings. The molecule has 0 spiro atoms. The minimum atomic E-state index is -0.0962. The maximum Gasteiger partial charge on any atom is 0.256 e. The van der Waals surface area contributed by atoms with Crippen molar-refractivity contribution in [1.82, 2.24) is 4.90 Å². The molecule has 0 radical (unpaired) electrons. The Kier molecular flexibility index (Phi) is 3.00. The van der Waals surface area contributed by atoms with Gasteiger partial charge in [-0.1, -0.05) is 48.5 Å². The molecule has 2 heterocycles. The van der Waals surface area contributed by atoms with E-state index in [0.717, 1.165) is 24.0 Å². The lowest BCUT2D eigenvalue weighted by Gasteiger charge is -2.33. The van der Waals surface area contributed by atoms with Crippen molar-refractivity contribution in [2.24, 2.45) is 0 Å². The predicted octanol–water partition coefficient (Wildman–Crippen LogP) is 2.65. The van der Waals surface area contributed by atoms with Crippen LogP contribution >= 0.6 is 0 Å². The van der Waals surface area contributed by atoms with Gasteiger partial charge in [-0.3, -0.25) is 4.79 Å². The van der Waals surface area contributed by atoms with Gasteiger partial charge in [0.1, 0.15) is 6.23 Å². The topological polar surface area (TPSA) is 29.5 Å². The molecule has 4 rings (SSSR count). The molecule has 1 saturated heterocycles. The molecule has 3 nitrogen and oxygen atoms in total. The van der Waals surface area contributed by atoms with Gasteiger partial charge < -0.3 is 9.64 Å². The van der Waals surface area contributed by atoms with Gasteiger partial charge in [0.05, 0.1) is 12.6 Å². The zero-order valence-electron chi connectivity index (χ0n) is 11.7. The van der Waals surface area contributed by atoms with Crippen LogP contribution in [0.2, 0.25) is 0 Å². The Labute approximate surface area is 124 Å². The molecule has 2 aliphatic heterocycles. The van der Waals surface area contributed by atoms with Gasteiger partial charge in [-0.25, -0.2) is 0 Å². The number of amides is 1. The molecule has 0 aromatic heterocycles. The Morgan fingerprint density at radius 1 is 1.05 bits per heavy atom. The van der Waals surface area contributed by atoms with Gasteiger partial charge in [-0.2, -0.15) is 0 Å². The van der Waals surface area contributed by atoms with E-state index < -0.39 is 0 Å². The summed E-state index contributed by atoms with van der Waals surface area (Å²) >= 11 is 0. The van der Waals surface area contributed by atoms with E-state index in [1.165, 1.54) is 5.56 Å². The highest BCUT2D eigenvalue weighted by atomic mass is 16.5. The van der Waals surface area contributed by atoms with E-state index in [-0.39, 0.29) is 18.2 Å². The summed E-state index contributed by atoms with van der Waals surface area (Å²) in [5.74, 6) is 0.111. The van der Waals surface area contributed by atoms with Gasteiger partial charge in [0.15, 0.2) is 0 Å². The molecular weight excluding hydrogens is 262 g/mol. The maximum atomic E-state index is 12.7. The van der Waals surface area contributed by atoms with Gasteiger partial charge in [-0.05, 0) is 23.6 Å². The summed E-state index contributed by atoms with van der Waals surface area (Å²) in [5.41, 5.74) is 3.18. The number of carbonyl (C=O) groups is 1. The third-order valence-electron chi connectivity index (χ3n) is 4.38. The fourth-order valence-corrected chi connectivity index (χ4v) is 3.35. The van der Waals surface area contributed by atoms with Crippen molar-refractivity contribution in [3.8, 4) is 0 Å². The molecule has 2 aliphatic rings. The zero-order valence-corrected chi connectivity index (χ0v) is 11.7. The van der Waals surface area contributed by atoms with Crippen LogP contribution in [0.5, 0.6) is 0 Å². The molecule has 2 atom stereocenters. The second-order valence-corrected chi connectivity index (χ2v) is 5.71. The molecule has 0 N–H and O–H groups in total. The molecule has 1 fully saturated rings. The summed E-state index contributed by atoms with van der Waals surface area (Å²) in [6, 6.07) is 18.3. The third-order valence-corrected chi connectivity index (χ3v) is 4.38. The van der Waals surface area contributed by atoms with Crippen molar-refractivity contribution in [3.05, 3.63) is 71.3 Å². The Hall–Kier alpha value is -2.13. The number of hydrogen-bond donors (Lipinski definition) is 0. The van der Waals surface area contributed by atoms with E-state index in [2.05, 4.69) is 12.1 Å². The highest BCUT2D eigenvalue weighted by molar-refractivity contribution is 5.97. The summed E-state index contributed by atoms with van der Waals surface area (Å²) in [4.78, 5) is 14.7. The molecular formula is C18H17NO2. The molecule has 1 amide bonds. The standard InChI is InChI=1S/C18H17NO2/c20-18-16-9-5-4-8-14(16)11-17-19(18)15(12-21-17)10-13-6-2-1-3-7-13/h1-9,15,17H,10-12H2/t15-,17-/m0/s1. The van der Waals surface area contributed by atoms with Crippen molar-refractivity contribution in [2.75, 3.05) is 6.61 Å². The largest absolute Gasteiger partial charge is 0.356 e. The van der Waals surface area contributed by atoms with Crippen molar-refractivity contribution in [2.45, 2.75) is 25.1 Å². The van der Waals surface area contributed by atoms with Crippen LogP contribution in [0.3, 0.4) is 0 Å². The maximum absolute atomic E-state index is 12.7. The first-order chi connectivity index (χ1) is 10.3. The number of benzene rings is 2. The van der Waals surface area contributed by atoms with Gasteiger partial charge in [0.2, 0.25) is 0 Å². The second-order valence-electron chi connectivity index (χ2n) is 5.71. The third kappa shape index (κ3) is 2.14. The Bertz CT molecular complexity index is 668. The average molecular weight is 279 g/mol. The molecule has 0 unspecified atom stereocenters. The van der Waals surface area contributed by atoms with Gasteiger partial charge in [0.25, 0.3) is 5.91 Å². The van der Waals surface area contributed by atoms with E-state index in [1.807, 2.05) is 47.4 Å². The van der Waals surface area contributed by atoms with Gasteiger partial charge >= 0.3 is 0 Å². The SMILES string of the molecule is O=C1c2ccccc2C[C@@H]2OC[C@H](Cc3ccccc3)N12. The predicted molar refractivity (Wildman–Crippen MR) is 80.0 cm³/mol. The number of fused-ring (bicyclic) bond motifs is 2. The molecule has 0 aliphatic carbocycles. The van der Waals surface area contributed by atoms with E-state index in [4.69, 9.17) is 4.74 Å². The van der Waals surface area contributed by atoms with Crippen LogP contribution in [0, 0.1) is 0 Å². The average Bonchev–Trinajstić information content (AvgIpc) is 2.92. The first kappa shape index (κ1) is 12.6. The molecule has 106 valence electrons. The van der Waals surface area contributed by atoms with Crippen molar-refractivity contribution >= 4 is 5.91 Å². The number of ether oxygens (including phenoxy) is 1. The minimum absolute atomic E-state index is 0.0962. The number of rotatable bonds is 2. The molecule has 3 heteroatoms. The quantitative estimate of drug-likeness (QED) is 0.846. The first-order valence-corrected chi connectivity index (χ1v) is 7.39. The monoisotopic (exact) mass is 279 g/mol. The molecule has 0 saturated carbocycles. The van der Waals surface area contributed by atoms with Crippen LogP contribution in [0.4, 0.5) is 0 Å². The first-order valence-electron chi connectivity index (χ1n) is 7.39. The summed E-state index contributed by atoms with van der Waals surface area (Å²) in [7, 11) is 0. The van der Waals surface area contributed by atoms with Crippen LogP contribution in [-0.2, 0) is 17.6 Å². The fourth-order valence-electron chi connectivity index (χ4n) is 3.35. The Balaban J connectivity index is 1.62. The van der Waals surface area contributed by atoms with Gasteiger partial charge in [-0.15, -0.1) is 0 Å². The Morgan fingerprint density at radius 2 is 1.81 bits per heavy atom. The summed E-state index contributed by atoms with van der Waals surface area (Å²) in [6.07, 6.45) is 1.56. The zero-order chi connectivity index (χ0) is 14.2. The fraction of sp³-hybridized carbons (Fsp3) is 0.278. The van der Waals surface area contributed by atoms with E-state index >= 15 is 0 Å². The summed E-state index contributed by atoms with van der Waals surface area (Å²) in [6.45, 7) is 0.624. The van der Waals surface area contributed by atoms with E-state index in [9.17, 15) is 4.79 Å². The van der Waals surface area contributed by atoms with E-state index in [1.54, 1.807) is 0 Å². The molecule has 0 bridgehead atoms. The van der Waals surface area contributed by atoms with Crippen LogP contribution in [0.25, 0.3) is 0 Å². The Morgan fingerprint density at radius 3 is 2.67 bits per heavy atom. The number of nitrogens with zero attached hydrogens (tertiary/aromatic N) is 1. The van der Waals surface area contributed by atoms with Crippen LogP contribution in [-0.4, -0.2) is 29.7 Å². The van der Waals surface area contributed by atoms with E-state index in [0.29, 0.717) is 6.61 Å². The lowest BCUT2D eigenvalue weighted by atomic mass is 9.96. The molecule has 2 aromatic carbocycles. The summed E-state index contributed by atoms with van der Waals surface area (Å²) < 4.78 is 5.87.